The van der Waals surface area contributed by atoms with Gasteiger partial charge < -0.3 is 5.32 Å². The van der Waals surface area contributed by atoms with Crippen LogP contribution in [-0.4, -0.2) is 27.1 Å². The Morgan fingerprint density at radius 1 is 1.12 bits per heavy atom. The number of hydrogen-bond acceptors (Lipinski definition) is 4. The maximum absolute atomic E-state index is 12.1. The summed E-state index contributed by atoms with van der Waals surface area (Å²) in [5.74, 6) is -0.0670. The molecule has 2 aromatic rings. The van der Waals surface area contributed by atoms with Crippen molar-refractivity contribution in [3.8, 4) is 0 Å². The fraction of sp³-hybridized carbons (Fsp3) is 0.278. The Balaban J connectivity index is 1.91. The summed E-state index contributed by atoms with van der Waals surface area (Å²) < 4.78 is 26.2. The predicted molar refractivity (Wildman–Crippen MR) is 102 cm³/mol. The molecule has 0 aliphatic heterocycles. The zero-order chi connectivity index (χ0) is 18.3. The van der Waals surface area contributed by atoms with Crippen LogP contribution in [0.3, 0.4) is 0 Å². The second kappa shape index (κ2) is 9.03. The summed E-state index contributed by atoms with van der Waals surface area (Å²) in [5, 5.41) is 2.88. The Bertz CT molecular complexity index is 818. The zero-order valence-corrected chi connectivity index (χ0v) is 15.9. The van der Waals surface area contributed by atoms with E-state index in [2.05, 4.69) is 10.0 Å². The van der Waals surface area contributed by atoms with Crippen molar-refractivity contribution in [3.63, 3.8) is 0 Å². The van der Waals surface area contributed by atoms with Gasteiger partial charge in [-0.25, -0.2) is 13.1 Å². The third-order valence-corrected chi connectivity index (χ3v) is 5.85. The lowest BCUT2D eigenvalue weighted by Gasteiger charge is -2.08. The van der Waals surface area contributed by atoms with Crippen LogP contribution in [0.15, 0.2) is 58.3 Å². The fourth-order valence-electron chi connectivity index (χ4n) is 2.29. The van der Waals surface area contributed by atoms with E-state index >= 15 is 0 Å². The lowest BCUT2D eigenvalue weighted by atomic mass is 10.1. The highest BCUT2D eigenvalue weighted by atomic mass is 32.2. The number of amides is 1. The Labute approximate surface area is 153 Å². The van der Waals surface area contributed by atoms with Gasteiger partial charge >= 0.3 is 0 Å². The lowest BCUT2D eigenvalue weighted by Crippen LogP contribution is -2.23. The molecule has 0 aromatic heterocycles. The average Bonchev–Trinajstić information content (AvgIpc) is 2.60. The predicted octanol–water partition coefficient (Wildman–Crippen LogP) is 3.28. The summed E-state index contributed by atoms with van der Waals surface area (Å²) in [4.78, 5) is 13.4. The van der Waals surface area contributed by atoms with E-state index in [4.69, 9.17) is 0 Å². The van der Waals surface area contributed by atoms with E-state index in [1.165, 1.54) is 0 Å². The van der Waals surface area contributed by atoms with E-state index in [9.17, 15) is 13.2 Å². The number of carbonyl (C=O) groups excluding carboxylic acids is 1. The molecule has 25 heavy (non-hydrogen) atoms. The summed E-state index contributed by atoms with van der Waals surface area (Å²) in [6, 6.07) is 14.3. The summed E-state index contributed by atoms with van der Waals surface area (Å²) in [5.41, 5.74) is 1.70. The van der Waals surface area contributed by atoms with Crippen molar-refractivity contribution in [1.82, 2.24) is 4.72 Å². The maximum atomic E-state index is 12.1. The second-order valence-corrected chi connectivity index (χ2v) is 8.07. The van der Waals surface area contributed by atoms with Crippen LogP contribution in [0, 0.1) is 0 Å². The van der Waals surface area contributed by atoms with Crippen LogP contribution in [0.2, 0.25) is 0 Å². The van der Waals surface area contributed by atoms with Gasteiger partial charge in [0.05, 0.1) is 4.90 Å². The van der Waals surface area contributed by atoms with Crippen molar-refractivity contribution in [2.24, 2.45) is 0 Å². The summed E-state index contributed by atoms with van der Waals surface area (Å²) >= 11 is 1.62. The van der Waals surface area contributed by atoms with Crippen molar-refractivity contribution >= 4 is 33.4 Å². The average molecular weight is 379 g/mol. The first-order valence-corrected chi connectivity index (χ1v) is 10.7. The summed E-state index contributed by atoms with van der Waals surface area (Å²) in [7, 11) is -3.44. The van der Waals surface area contributed by atoms with Gasteiger partial charge in [0.15, 0.2) is 0 Å². The van der Waals surface area contributed by atoms with Crippen LogP contribution in [-0.2, 0) is 21.2 Å². The van der Waals surface area contributed by atoms with Crippen molar-refractivity contribution < 1.29 is 13.2 Å². The lowest BCUT2D eigenvalue weighted by molar-refractivity contribution is -0.116. The van der Waals surface area contributed by atoms with E-state index in [-0.39, 0.29) is 10.8 Å². The number of aryl methyl sites for hydroxylation is 1. The standard InChI is InChI=1S/C18H22N2O3S2/c1-3-19-25(22,23)17-10-7-14(8-11-17)9-12-18(21)20-15-5-4-6-16(13-15)24-2/h4-8,10-11,13,19H,3,9,12H2,1-2H3,(H,20,21). The van der Waals surface area contributed by atoms with Crippen molar-refractivity contribution in [3.05, 3.63) is 54.1 Å². The molecule has 0 unspecified atom stereocenters. The van der Waals surface area contributed by atoms with E-state index in [1.807, 2.05) is 30.5 Å². The van der Waals surface area contributed by atoms with E-state index < -0.39 is 10.0 Å². The fourth-order valence-corrected chi connectivity index (χ4v) is 3.79. The van der Waals surface area contributed by atoms with E-state index in [0.717, 1.165) is 16.1 Å². The van der Waals surface area contributed by atoms with Gasteiger partial charge in [-0.1, -0.05) is 25.1 Å². The Kier molecular flexibility index (Phi) is 7.04. The third kappa shape index (κ3) is 5.88. The number of nitrogens with one attached hydrogen (secondary N) is 2. The molecular weight excluding hydrogens is 356 g/mol. The molecule has 134 valence electrons. The molecule has 0 saturated carbocycles. The number of anilines is 1. The molecule has 0 atom stereocenters. The summed E-state index contributed by atoms with van der Waals surface area (Å²) in [6.07, 6.45) is 2.87. The van der Waals surface area contributed by atoms with Crippen molar-refractivity contribution in [2.75, 3.05) is 18.1 Å². The monoisotopic (exact) mass is 378 g/mol. The van der Waals surface area contributed by atoms with E-state index in [1.54, 1.807) is 43.0 Å². The highest BCUT2D eigenvalue weighted by Gasteiger charge is 2.12. The number of benzene rings is 2. The number of carbonyl (C=O) groups is 1. The molecule has 2 aromatic carbocycles. The Hall–Kier alpha value is -1.83. The minimum absolute atomic E-state index is 0.0670. The van der Waals surface area contributed by atoms with E-state index in [0.29, 0.717) is 19.4 Å². The maximum Gasteiger partial charge on any atom is 0.240 e. The van der Waals surface area contributed by atoms with Crippen LogP contribution < -0.4 is 10.0 Å². The van der Waals surface area contributed by atoms with Gasteiger partial charge in [-0.15, -0.1) is 11.8 Å². The van der Waals surface area contributed by atoms with Gasteiger partial charge in [0, 0.05) is 23.5 Å². The van der Waals surface area contributed by atoms with Crippen LogP contribution in [0.1, 0.15) is 18.9 Å². The van der Waals surface area contributed by atoms with Gasteiger partial charge in [-0.3, -0.25) is 4.79 Å². The van der Waals surface area contributed by atoms with Crippen LogP contribution in [0.5, 0.6) is 0 Å². The Morgan fingerprint density at radius 3 is 2.48 bits per heavy atom. The highest BCUT2D eigenvalue weighted by Crippen LogP contribution is 2.19. The van der Waals surface area contributed by atoms with Crippen molar-refractivity contribution in [2.45, 2.75) is 29.6 Å². The topological polar surface area (TPSA) is 75.3 Å². The SMILES string of the molecule is CCNS(=O)(=O)c1ccc(CCC(=O)Nc2cccc(SC)c2)cc1. The molecule has 0 heterocycles. The van der Waals surface area contributed by atoms with Gasteiger partial charge in [0.2, 0.25) is 15.9 Å². The number of thioether (sulfide) groups is 1. The number of rotatable bonds is 8. The van der Waals surface area contributed by atoms with Gasteiger partial charge in [-0.2, -0.15) is 0 Å². The summed E-state index contributed by atoms with van der Waals surface area (Å²) in [6.45, 7) is 2.08. The third-order valence-electron chi connectivity index (χ3n) is 3.56. The largest absolute Gasteiger partial charge is 0.326 e. The molecule has 0 spiro atoms. The first-order chi connectivity index (χ1) is 11.9. The van der Waals surface area contributed by atoms with Gasteiger partial charge in [-0.05, 0) is 48.6 Å². The minimum atomic E-state index is -3.44. The van der Waals surface area contributed by atoms with Crippen LogP contribution in [0.25, 0.3) is 0 Å². The molecule has 0 aliphatic carbocycles. The van der Waals surface area contributed by atoms with Crippen molar-refractivity contribution in [1.29, 1.82) is 0 Å². The molecule has 0 aliphatic rings. The molecule has 2 N–H and O–H groups in total. The molecule has 0 fully saturated rings. The molecule has 5 nitrogen and oxygen atoms in total. The molecule has 0 radical (unpaired) electrons. The first kappa shape index (κ1) is 19.5. The number of hydrogen-bond donors (Lipinski definition) is 2. The molecule has 0 saturated heterocycles. The molecule has 7 heteroatoms. The number of sulfonamides is 1. The molecule has 2 rings (SSSR count). The first-order valence-electron chi connectivity index (χ1n) is 7.97. The van der Waals surface area contributed by atoms with Crippen LogP contribution in [0.4, 0.5) is 5.69 Å². The molecule has 0 bridgehead atoms. The zero-order valence-electron chi connectivity index (χ0n) is 14.3. The molecular formula is C18H22N2O3S2. The quantitative estimate of drug-likeness (QED) is 0.691. The van der Waals surface area contributed by atoms with Crippen LogP contribution >= 0.6 is 11.8 Å². The Morgan fingerprint density at radius 2 is 1.84 bits per heavy atom. The van der Waals surface area contributed by atoms with Gasteiger partial charge in [0.1, 0.15) is 0 Å². The smallest absolute Gasteiger partial charge is 0.240 e. The van der Waals surface area contributed by atoms with Gasteiger partial charge in [0.25, 0.3) is 0 Å². The normalized spacial score (nSPS) is 11.3. The highest BCUT2D eigenvalue weighted by molar-refractivity contribution is 7.98. The molecule has 1 amide bonds. The second-order valence-electron chi connectivity index (χ2n) is 5.43. The minimum Gasteiger partial charge on any atom is -0.326 e.